The van der Waals surface area contributed by atoms with E-state index < -0.39 is 6.10 Å². The van der Waals surface area contributed by atoms with E-state index in [4.69, 9.17) is 4.74 Å². The van der Waals surface area contributed by atoms with Gasteiger partial charge in [-0.15, -0.1) is 0 Å². The van der Waals surface area contributed by atoms with Crippen molar-refractivity contribution in [1.29, 1.82) is 0 Å². The maximum atomic E-state index is 12.9. The molecule has 0 spiro atoms. The molecule has 3 heteroatoms. The molecule has 1 aromatic carbocycles. The van der Waals surface area contributed by atoms with Crippen molar-refractivity contribution < 1.29 is 14.2 Å². The zero-order chi connectivity index (χ0) is 9.84. The van der Waals surface area contributed by atoms with Crippen LogP contribution in [-0.2, 0) is 4.74 Å². The summed E-state index contributed by atoms with van der Waals surface area (Å²) in [6.07, 6.45) is -0.751. The van der Waals surface area contributed by atoms with Crippen LogP contribution < -0.4 is 0 Å². The Morgan fingerprint density at radius 3 is 2.69 bits per heavy atom. The lowest BCUT2D eigenvalue weighted by atomic mass is 10.1. The largest absolute Gasteiger partial charge is 0.386 e. The summed E-state index contributed by atoms with van der Waals surface area (Å²) in [5.74, 6) is -0.329. The van der Waals surface area contributed by atoms with Gasteiger partial charge in [0.05, 0.1) is 6.61 Å². The Balaban J connectivity index is 2.87. The Labute approximate surface area is 77.0 Å². The molecule has 1 unspecified atom stereocenters. The fourth-order valence-electron chi connectivity index (χ4n) is 1.21. The van der Waals surface area contributed by atoms with Gasteiger partial charge in [-0.25, -0.2) is 4.39 Å². The summed E-state index contributed by atoms with van der Waals surface area (Å²) >= 11 is 0. The molecule has 0 saturated carbocycles. The van der Waals surface area contributed by atoms with Crippen LogP contribution in [0.5, 0.6) is 0 Å². The third-order valence-corrected chi connectivity index (χ3v) is 1.77. The number of aryl methyl sites for hydroxylation is 1. The number of hydrogen-bond donors (Lipinski definition) is 1. The first-order valence-electron chi connectivity index (χ1n) is 4.07. The fourth-order valence-corrected chi connectivity index (χ4v) is 1.21. The van der Waals surface area contributed by atoms with Crippen LogP contribution in [0.15, 0.2) is 18.2 Å². The summed E-state index contributed by atoms with van der Waals surface area (Å²) in [7, 11) is 1.50. The van der Waals surface area contributed by atoms with Gasteiger partial charge in [-0.2, -0.15) is 0 Å². The van der Waals surface area contributed by atoms with Crippen molar-refractivity contribution in [2.75, 3.05) is 13.7 Å². The number of rotatable bonds is 3. The minimum atomic E-state index is -0.751. The maximum absolute atomic E-state index is 12.9. The van der Waals surface area contributed by atoms with Gasteiger partial charge < -0.3 is 9.84 Å². The van der Waals surface area contributed by atoms with Crippen molar-refractivity contribution in [1.82, 2.24) is 0 Å². The molecular formula is C10H13FO2. The van der Waals surface area contributed by atoms with E-state index in [1.807, 2.05) is 0 Å². The standard InChI is InChI=1S/C10H13FO2/c1-7-3-8(5-9(11)4-7)10(12)6-13-2/h3-5,10,12H,6H2,1-2H3. The Morgan fingerprint density at radius 2 is 2.15 bits per heavy atom. The van der Waals surface area contributed by atoms with E-state index >= 15 is 0 Å². The highest BCUT2D eigenvalue weighted by molar-refractivity contribution is 5.25. The Morgan fingerprint density at radius 1 is 1.46 bits per heavy atom. The van der Waals surface area contributed by atoms with Crippen molar-refractivity contribution in [3.05, 3.63) is 35.1 Å². The summed E-state index contributed by atoms with van der Waals surface area (Å²) in [6.45, 7) is 1.97. The molecule has 0 fully saturated rings. The monoisotopic (exact) mass is 184 g/mol. The number of benzene rings is 1. The van der Waals surface area contributed by atoms with Gasteiger partial charge in [0.15, 0.2) is 0 Å². The lowest BCUT2D eigenvalue weighted by molar-refractivity contribution is 0.0642. The first-order valence-corrected chi connectivity index (χ1v) is 4.07. The Hall–Kier alpha value is -0.930. The third-order valence-electron chi connectivity index (χ3n) is 1.77. The predicted molar refractivity (Wildman–Crippen MR) is 48.0 cm³/mol. The van der Waals surface area contributed by atoms with E-state index in [2.05, 4.69) is 0 Å². The van der Waals surface area contributed by atoms with Gasteiger partial charge in [-0.3, -0.25) is 0 Å². The van der Waals surface area contributed by atoms with Crippen molar-refractivity contribution in [3.8, 4) is 0 Å². The van der Waals surface area contributed by atoms with E-state index in [1.165, 1.54) is 19.2 Å². The van der Waals surface area contributed by atoms with Gasteiger partial charge >= 0.3 is 0 Å². The molecule has 1 atom stereocenters. The first kappa shape index (κ1) is 10.2. The van der Waals surface area contributed by atoms with Crippen LogP contribution in [-0.4, -0.2) is 18.8 Å². The summed E-state index contributed by atoms with van der Waals surface area (Å²) in [6, 6.07) is 4.48. The SMILES string of the molecule is COCC(O)c1cc(C)cc(F)c1. The van der Waals surface area contributed by atoms with Gasteiger partial charge in [-0.05, 0) is 30.2 Å². The highest BCUT2D eigenvalue weighted by Crippen LogP contribution is 2.16. The first-order chi connectivity index (χ1) is 6.13. The van der Waals surface area contributed by atoms with Crippen LogP contribution in [0.3, 0.4) is 0 Å². The normalized spacial score (nSPS) is 12.9. The topological polar surface area (TPSA) is 29.5 Å². The average molecular weight is 184 g/mol. The van der Waals surface area contributed by atoms with Crippen LogP contribution in [0.4, 0.5) is 4.39 Å². The average Bonchev–Trinajstić information content (AvgIpc) is 2.03. The van der Waals surface area contributed by atoms with Gasteiger partial charge in [0.1, 0.15) is 11.9 Å². The molecule has 0 aliphatic heterocycles. The third kappa shape index (κ3) is 2.79. The summed E-state index contributed by atoms with van der Waals surface area (Å²) < 4.78 is 17.6. The van der Waals surface area contributed by atoms with Crippen LogP contribution in [0, 0.1) is 12.7 Å². The van der Waals surface area contributed by atoms with E-state index in [0.717, 1.165) is 5.56 Å². The van der Waals surface area contributed by atoms with Gasteiger partial charge in [0, 0.05) is 7.11 Å². The van der Waals surface area contributed by atoms with E-state index in [9.17, 15) is 9.50 Å². The lowest BCUT2D eigenvalue weighted by Crippen LogP contribution is -2.05. The minimum absolute atomic E-state index is 0.183. The molecule has 1 rings (SSSR count). The van der Waals surface area contributed by atoms with Gasteiger partial charge in [0.25, 0.3) is 0 Å². The summed E-state index contributed by atoms with van der Waals surface area (Å²) in [5.41, 5.74) is 1.35. The molecule has 13 heavy (non-hydrogen) atoms. The maximum Gasteiger partial charge on any atom is 0.123 e. The molecule has 1 aromatic rings. The second-order valence-electron chi connectivity index (χ2n) is 3.03. The molecule has 0 saturated heterocycles. The Bertz CT molecular complexity index is 266. The molecule has 0 aromatic heterocycles. The van der Waals surface area contributed by atoms with Crippen molar-refractivity contribution >= 4 is 0 Å². The molecule has 0 bridgehead atoms. The van der Waals surface area contributed by atoms with E-state index in [-0.39, 0.29) is 12.4 Å². The summed E-state index contributed by atoms with van der Waals surface area (Å²) in [4.78, 5) is 0. The lowest BCUT2D eigenvalue weighted by Gasteiger charge is -2.10. The number of ether oxygens (including phenoxy) is 1. The van der Waals surface area contributed by atoms with Crippen LogP contribution in [0.1, 0.15) is 17.2 Å². The van der Waals surface area contributed by atoms with Gasteiger partial charge in [-0.1, -0.05) is 6.07 Å². The molecule has 72 valence electrons. The van der Waals surface area contributed by atoms with E-state index in [1.54, 1.807) is 13.0 Å². The number of aliphatic hydroxyl groups is 1. The summed E-state index contributed by atoms with van der Waals surface area (Å²) in [5, 5.41) is 9.48. The zero-order valence-corrected chi connectivity index (χ0v) is 7.75. The fraction of sp³-hybridized carbons (Fsp3) is 0.400. The molecular weight excluding hydrogens is 171 g/mol. The smallest absolute Gasteiger partial charge is 0.123 e. The predicted octanol–water partition coefficient (Wildman–Crippen LogP) is 1.81. The van der Waals surface area contributed by atoms with Gasteiger partial charge in [0.2, 0.25) is 0 Å². The minimum Gasteiger partial charge on any atom is -0.386 e. The number of halogens is 1. The number of aliphatic hydroxyl groups excluding tert-OH is 1. The second-order valence-corrected chi connectivity index (χ2v) is 3.03. The van der Waals surface area contributed by atoms with Crippen LogP contribution in [0.25, 0.3) is 0 Å². The molecule has 1 N–H and O–H groups in total. The molecule has 0 amide bonds. The van der Waals surface area contributed by atoms with Crippen molar-refractivity contribution in [2.45, 2.75) is 13.0 Å². The zero-order valence-electron chi connectivity index (χ0n) is 7.75. The highest BCUT2D eigenvalue weighted by Gasteiger charge is 2.08. The molecule has 0 radical (unpaired) electrons. The van der Waals surface area contributed by atoms with Crippen LogP contribution in [0.2, 0.25) is 0 Å². The van der Waals surface area contributed by atoms with Crippen molar-refractivity contribution in [3.63, 3.8) is 0 Å². The molecule has 0 aliphatic carbocycles. The molecule has 0 aliphatic rings. The number of hydrogen-bond acceptors (Lipinski definition) is 2. The molecule has 2 nitrogen and oxygen atoms in total. The quantitative estimate of drug-likeness (QED) is 0.776. The Kier molecular flexibility index (Phi) is 3.39. The highest BCUT2D eigenvalue weighted by atomic mass is 19.1. The number of methoxy groups -OCH3 is 1. The van der Waals surface area contributed by atoms with Crippen molar-refractivity contribution in [2.24, 2.45) is 0 Å². The van der Waals surface area contributed by atoms with Crippen LogP contribution >= 0.6 is 0 Å². The van der Waals surface area contributed by atoms with E-state index in [0.29, 0.717) is 5.56 Å². The molecule has 0 heterocycles. The second kappa shape index (κ2) is 4.35.